The van der Waals surface area contributed by atoms with Gasteiger partial charge < -0.3 is 9.72 Å². The van der Waals surface area contributed by atoms with Gasteiger partial charge >= 0.3 is 0 Å². The Labute approximate surface area is 172 Å². The summed E-state index contributed by atoms with van der Waals surface area (Å²) in [5.74, 6) is -2.00. The van der Waals surface area contributed by atoms with E-state index >= 15 is 0 Å². The molecule has 6 nitrogen and oxygen atoms in total. The molecule has 3 aromatic rings. The van der Waals surface area contributed by atoms with Crippen LogP contribution in [0.5, 0.6) is 5.75 Å². The molecule has 0 aliphatic heterocycles. The Kier molecular flexibility index (Phi) is 5.93. The number of nitrogens with one attached hydrogen (secondary N) is 2. The number of carbonyl (C=O) groups excluding carboxylic acids is 1. The zero-order chi connectivity index (χ0) is 22.1. The molecule has 1 atom stereocenters. The van der Waals surface area contributed by atoms with E-state index in [1.807, 2.05) is 0 Å². The number of ketones is 1. The maximum Gasteiger partial charge on any atom is 0.229 e. The van der Waals surface area contributed by atoms with Gasteiger partial charge in [0.15, 0.2) is 0 Å². The number of aromatic amines is 1. The van der Waals surface area contributed by atoms with Crippen LogP contribution in [0, 0.1) is 11.6 Å². The van der Waals surface area contributed by atoms with Crippen molar-refractivity contribution in [2.24, 2.45) is 0 Å². The van der Waals surface area contributed by atoms with Crippen molar-refractivity contribution in [1.82, 2.24) is 4.98 Å². The van der Waals surface area contributed by atoms with Crippen molar-refractivity contribution in [3.05, 3.63) is 82.7 Å². The number of rotatable bonds is 7. The van der Waals surface area contributed by atoms with Crippen LogP contribution in [-0.2, 0) is 10.0 Å². The number of hydrogen-bond acceptors (Lipinski definition) is 4. The summed E-state index contributed by atoms with van der Waals surface area (Å²) in [5, 5.41) is 0. The lowest BCUT2D eigenvalue weighted by atomic mass is 9.97. The molecule has 2 N–H and O–H groups in total. The van der Waals surface area contributed by atoms with Crippen LogP contribution in [-0.4, -0.2) is 32.6 Å². The molecule has 0 saturated carbocycles. The van der Waals surface area contributed by atoms with E-state index in [1.54, 1.807) is 13.0 Å². The second-order valence-electron chi connectivity index (χ2n) is 6.83. The lowest BCUT2D eigenvalue weighted by Gasteiger charge is -2.13. The summed E-state index contributed by atoms with van der Waals surface area (Å²) in [5.41, 5.74) is 1.03. The van der Waals surface area contributed by atoms with Gasteiger partial charge in [0.1, 0.15) is 17.4 Å². The van der Waals surface area contributed by atoms with Gasteiger partial charge in [-0.1, -0.05) is 13.0 Å². The molecule has 1 heterocycles. The molecular weight excluding hydrogens is 414 g/mol. The summed E-state index contributed by atoms with van der Waals surface area (Å²) in [4.78, 5) is 15.6. The fourth-order valence-electron chi connectivity index (χ4n) is 3.07. The Hall–Kier alpha value is -3.20. The van der Waals surface area contributed by atoms with Gasteiger partial charge in [0.2, 0.25) is 15.8 Å². The highest BCUT2D eigenvalue weighted by molar-refractivity contribution is 7.92. The molecule has 0 radical (unpaired) electrons. The zero-order valence-corrected chi connectivity index (χ0v) is 17.3. The number of methoxy groups -OCH3 is 1. The molecule has 0 fully saturated rings. The average Bonchev–Trinajstić information content (AvgIpc) is 3.16. The minimum atomic E-state index is -3.52. The van der Waals surface area contributed by atoms with Gasteiger partial charge in [-0.05, 0) is 42.0 Å². The second-order valence-corrected chi connectivity index (χ2v) is 8.58. The predicted molar refractivity (Wildman–Crippen MR) is 110 cm³/mol. The van der Waals surface area contributed by atoms with Crippen LogP contribution < -0.4 is 9.46 Å². The Morgan fingerprint density at radius 2 is 1.80 bits per heavy atom. The molecule has 0 spiro atoms. The number of hydrogen-bond donors (Lipinski definition) is 2. The molecule has 158 valence electrons. The van der Waals surface area contributed by atoms with Crippen molar-refractivity contribution >= 4 is 21.5 Å². The topological polar surface area (TPSA) is 88.3 Å². The molecule has 1 unspecified atom stereocenters. The van der Waals surface area contributed by atoms with Crippen molar-refractivity contribution in [3.63, 3.8) is 0 Å². The third-order valence-electron chi connectivity index (χ3n) is 4.61. The summed E-state index contributed by atoms with van der Waals surface area (Å²) >= 11 is 0. The number of anilines is 1. The summed E-state index contributed by atoms with van der Waals surface area (Å²) in [6.45, 7) is 1.73. The average molecular weight is 434 g/mol. The van der Waals surface area contributed by atoms with Crippen LogP contribution >= 0.6 is 0 Å². The Morgan fingerprint density at radius 3 is 2.40 bits per heavy atom. The van der Waals surface area contributed by atoms with Crippen molar-refractivity contribution in [1.29, 1.82) is 0 Å². The zero-order valence-electron chi connectivity index (χ0n) is 16.5. The normalized spacial score (nSPS) is 12.4. The Bertz CT molecular complexity index is 1210. The smallest absolute Gasteiger partial charge is 0.229 e. The molecule has 2 aromatic carbocycles. The summed E-state index contributed by atoms with van der Waals surface area (Å²) in [6, 6.07) is 11.1. The standard InChI is InChI=1S/C21H20F2N2O4S/c1-12(15-6-4-13(10-17(15)22)25-30(3,27)28)19-8-9-20(24-19)21(26)16-7-5-14(29-2)11-18(16)23/h4-12,24-25H,1-3H3. The molecule has 0 aliphatic rings. The number of halogens is 2. The van der Waals surface area contributed by atoms with Gasteiger partial charge in [-0.2, -0.15) is 0 Å². The lowest BCUT2D eigenvalue weighted by Crippen LogP contribution is -2.10. The van der Waals surface area contributed by atoms with Gasteiger partial charge in [-0.3, -0.25) is 9.52 Å². The first kappa shape index (κ1) is 21.5. The Morgan fingerprint density at radius 1 is 1.07 bits per heavy atom. The van der Waals surface area contributed by atoms with Crippen molar-refractivity contribution in [2.75, 3.05) is 18.1 Å². The summed E-state index contributed by atoms with van der Waals surface area (Å²) in [6.07, 6.45) is 0.977. The van der Waals surface area contributed by atoms with Crippen LogP contribution in [0.3, 0.4) is 0 Å². The number of aromatic nitrogens is 1. The molecule has 3 rings (SSSR count). The first-order valence-electron chi connectivity index (χ1n) is 8.93. The van der Waals surface area contributed by atoms with E-state index in [2.05, 4.69) is 9.71 Å². The van der Waals surface area contributed by atoms with Crippen LogP contribution in [0.4, 0.5) is 14.5 Å². The maximum atomic E-state index is 14.5. The highest BCUT2D eigenvalue weighted by Crippen LogP contribution is 2.28. The quantitative estimate of drug-likeness (QED) is 0.549. The number of sulfonamides is 1. The van der Waals surface area contributed by atoms with Gasteiger partial charge in [0.05, 0.1) is 30.3 Å². The third kappa shape index (κ3) is 4.68. The molecule has 0 saturated heterocycles. The van der Waals surface area contributed by atoms with E-state index in [9.17, 15) is 22.0 Å². The number of carbonyl (C=O) groups is 1. The first-order valence-corrected chi connectivity index (χ1v) is 10.8. The van der Waals surface area contributed by atoms with Gasteiger partial charge in [0, 0.05) is 17.7 Å². The van der Waals surface area contributed by atoms with E-state index in [0.29, 0.717) is 17.0 Å². The summed E-state index contributed by atoms with van der Waals surface area (Å²) in [7, 11) is -2.12. The van der Waals surface area contributed by atoms with E-state index in [-0.39, 0.29) is 16.9 Å². The maximum absolute atomic E-state index is 14.5. The van der Waals surface area contributed by atoms with Gasteiger partial charge in [0.25, 0.3) is 0 Å². The molecule has 1 aromatic heterocycles. The first-order chi connectivity index (χ1) is 14.1. The van der Waals surface area contributed by atoms with Crippen LogP contribution in [0.1, 0.15) is 40.2 Å². The molecule has 0 amide bonds. The molecule has 0 bridgehead atoms. The minimum Gasteiger partial charge on any atom is -0.497 e. The van der Waals surface area contributed by atoms with Gasteiger partial charge in [-0.25, -0.2) is 17.2 Å². The predicted octanol–water partition coefficient (Wildman–Crippen LogP) is 4.06. The minimum absolute atomic E-state index is 0.112. The molecule has 0 aliphatic carbocycles. The fraction of sp³-hybridized carbons (Fsp3) is 0.190. The molecular formula is C21H20F2N2O4S. The highest BCUT2D eigenvalue weighted by Gasteiger charge is 2.20. The van der Waals surface area contributed by atoms with E-state index in [1.165, 1.54) is 37.4 Å². The van der Waals surface area contributed by atoms with Crippen LogP contribution in [0.25, 0.3) is 0 Å². The number of ether oxygens (including phenoxy) is 1. The number of H-pyrrole nitrogens is 1. The SMILES string of the molecule is COc1ccc(C(=O)c2ccc(C(C)c3ccc(NS(C)(=O)=O)cc3F)[nH]2)c(F)c1. The van der Waals surface area contributed by atoms with Gasteiger partial charge in [-0.15, -0.1) is 0 Å². The van der Waals surface area contributed by atoms with Crippen LogP contribution in [0.2, 0.25) is 0 Å². The van der Waals surface area contributed by atoms with E-state index in [0.717, 1.165) is 18.4 Å². The van der Waals surface area contributed by atoms with Crippen molar-refractivity contribution < 1.29 is 26.7 Å². The van der Waals surface area contributed by atoms with Crippen molar-refractivity contribution in [2.45, 2.75) is 12.8 Å². The third-order valence-corrected chi connectivity index (χ3v) is 5.22. The fourth-order valence-corrected chi connectivity index (χ4v) is 3.63. The molecule has 30 heavy (non-hydrogen) atoms. The monoisotopic (exact) mass is 434 g/mol. The lowest BCUT2D eigenvalue weighted by molar-refractivity contribution is 0.103. The van der Waals surface area contributed by atoms with E-state index in [4.69, 9.17) is 4.74 Å². The highest BCUT2D eigenvalue weighted by atomic mass is 32.2. The van der Waals surface area contributed by atoms with E-state index < -0.39 is 33.4 Å². The molecule has 9 heteroatoms. The largest absolute Gasteiger partial charge is 0.497 e. The Balaban J connectivity index is 1.84. The van der Waals surface area contributed by atoms with Crippen LogP contribution in [0.15, 0.2) is 48.5 Å². The number of benzene rings is 2. The summed E-state index contributed by atoms with van der Waals surface area (Å²) < 4.78 is 58.5. The van der Waals surface area contributed by atoms with Crippen molar-refractivity contribution in [3.8, 4) is 5.75 Å². The second kappa shape index (κ2) is 8.27.